The number of nitrogens with zero attached hydrogens (tertiary/aromatic N) is 3. The number of rotatable bonds is 5. The summed E-state index contributed by atoms with van der Waals surface area (Å²) in [6, 6.07) is 13.4. The Morgan fingerprint density at radius 2 is 2.00 bits per heavy atom. The molecule has 2 heterocycles. The lowest BCUT2D eigenvalue weighted by atomic mass is 10.1. The Bertz CT molecular complexity index is 829. The fraction of sp³-hybridized carbons (Fsp3) is 0.235. The first kappa shape index (κ1) is 15.5. The number of hydrogen-bond acceptors (Lipinski definition) is 3. The molecule has 1 aromatic carbocycles. The summed E-state index contributed by atoms with van der Waals surface area (Å²) in [4.78, 5) is 16.4. The van der Waals surface area contributed by atoms with E-state index in [1.54, 1.807) is 10.6 Å². The summed E-state index contributed by atoms with van der Waals surface area (Å²) in [6.45, 7) is 2.34. The van der Waals surface area contributed by atoms with Crippen LogP contribution in [0.3, 0.4) is 0 Å². The zero-order valence-electron chi connectivity index (χ0n) is 12.8. The minimum absolute atomic E-state index is 0.0171. The lowest BCUT2D eigenvalue weighted by Gasteiger charge is -2.07. The van der Waals surface area contributed by atoms with Crippen molar-refractivity contribution in [2.45, 2.75) is 26.3 Å². The van der Waals surface area contributed by atoms with Crippen LogP contribution in [0, 0.1) is 0 Å². The molecule has 0 spiro atoms. The van der Waals surface area contributed by atoms with Gasteiger partial charge in [-0.1, -0.05) is 48.9 Å². The van der Waals surface area contributed by atoms with Gasteiger partial charge in [-0.2, -0.15) is 5.10 Å². The van der Waals surface area contributed by atoms with Crippen LogP contribution in [0.25, 0.3) is 16.9 Å². The summed E-state index contributed by atoms with van der Waals surface area (Å²) in [5.74, 6) is 0.0171. The monoisotopic (exact) mass is 328 g/mol. The number of hydrogen-bond donors (Lipinski definition) is 1. The van der Waals surface area contributed by atoms with Crippen molar-refractivity contribution < 1.29 is 4.79 Å². The fourth-order valence-corrected chi connectivity index (χ4v) is 2.58. The van der Waals surface area contributed by atoms with Gasteiger partial charge in [-0.15, -0.1) is 0 Å². The quantitative estimate of drug-likeness (QED) is 0.780. The van der Waals surface area contributed by atoms with Crippen LogP contribution in [0.2, 0.25) is 5.15 Å². The zero-order valence-corrected chi connectivity index (χ0v) is 13.5. The fourth-order valence-electron chi connectivity index (χ4n) is 2.44. The van der Waals surface area contributed by atoms with Crippen LogP contribution in [0.4, 0.5) is 0 Å². The third-order valence-corrected chi connectivity index (χ3v) is 3.72. The molecule has 0 radical (unpaired) electrons. The number of nitrogens with one attached hydrogen (secondary N) is 1. The molecule has 6 heteroatoms. The maximum Gasteiger partial charge on any atom is 0.220 e. The molecule has 0 saturated carbocycles. The number of imidazole rings is 1. The molecule has 1 N–H and O–H groups in total. The number of benzene rings is 1. The molecule has 0 aliphatic carbocycles. The van der Waals surface area contributed by atoms with E-state index in [0.717, 1.165) is 23.4 Å². The van der Waals surface area contributed by atoms with Crippen LogP contribution in [0.15, 0.2) is 42.5 Å². The molecule has 1 amide bonds. The van der Waals surface area contributed by atoms with Crippen molar-refractivity contribution >= 4 is 23.2 Å². The average molecular weight is 329 g/mol. The molecule has 0 fully saturated rings. The number of amides is 1. The van der Waals surface area contributed by atoms with E-state index in [0.29, 0.717) is 23.8 Å². The van der Waals surface area contributed by atoms with Crippen molar-refractivity contribution in [2.24, 2.45) is 0 Å². The number of aromatic nitrogens is 3. The highest BCUT2D eigenvalue weighted by Crippen LogP contribution is 2.24. The van der Waals surface area contributed by atoms with E-state index in [1.165, 1.54) is 0 Å². The highest BCUT2D eigenvalue weighted by Gasteiger charge is 2.16. The molecule has 0 aliphatic rings. The van der Waals surface area contributed by atoms with Gasteiger partial charge in [0.05, 0.1) is 17.9 Å². The average Bonchev–Trinajstić information content (AvgIpc) is 2.92. The Labute approximate surface area is 139 Å². The minimum Gasteiger partial charge on any atom is -0.350 e. The molecule has 0 saturated heterocycles. The second-order valence-corrected chi connectivity index (χ2v) is 5.61. The van der Waals surface area contributed by atoms with Gasteiger partial charge in [0, 0.05) is 12.0 Å². The van der Waals surface area contributed by atoms with Crippen LogP contribution < -0.4 is 5.32 Å². The van der Waals surface area contributed by atoms with E-state index < -0.39 is 0 Å². The van der Waals surface area contributed by atoms with E-state index in [-0.39, 0.29) is 5.91 Å². The van der Waals surface area contributed by atoms with E-state index in [1.807, 2.05) is 43.3 Å². The van der Waals surface area contributed by atoms with Crippen LogP contribution in [0.5, 0.6) is 0 Å². The predicted octanol–water partition coefficient (Wildman–Crippen LogP) is 3.47. The van der Waals surface area contributed by atoms with Gasteiger partial charge in [0.1, 0.15) is 5.15 Å². The molecule has 0 atom stereocenters. The highest BCUT2D eigenvalue weighted by atomic mass is 35.5. The van der Waals surface area contributed by atoms with Crippen molar-refractivity contribution in [3.8, 4) is 11.3 Å². The van der Waals surface area contributed by atoms with E-state index in [9.17, 15) is 4.79 Å². The summed E-state index contributed by atoms with van der Waals surface area (Å²) in [7, 11) is 0. The van der Waals surface area contributed by atoms with E-state index >= 15 is 0 Å². The SMILES string of the molecule is CCCC(=O)NCc1c(-c2ccccc2)nc2ccc(Cl)nn12. The molecule has 118 valence electrons. The molecule has 0 aliphatic heterocycles. The lowest BCUT2D eigenvalue weighted by Crippen LogP contribution is -2.23. The first-order valence-corrected chi connectivity index (χ1v) is 7.93. The zero-order chi connectivity index (χ0) is 16.2. The molecule has 0 unspecified atom stereocenters. The van der Waals surface area contributed by atoms with Crippen LogP contribution in [0.1, 0.15) is 25.5 Å². The normalized spacial score (nSPS) is 10.9. The van der Waals surface area contributed by atoms with Gasteiger partial charge in [0.2, 0.25) is 5.91 Å². The van der Waals surface area contributed by atoms with Gasteiger partial charge in [-0.05, 0) is 18.6 Å². The molecule has 5 nitrogen and oxygen atoms in total. The second-order valence-electron chi connectivity index (χ2n) is 5.23. The van der Waals surface area contributed by atoms with Crippen molar-refractivity contribution in [3.63, 3.8) is 0 Å². The van der Waals surface area contributed by atoms with Gasteiger partial charge >= 0.3 is 0 Å². The molecule has 3 rings (SSSR count). The topological polar surface area (TPSA) is 59.3 Å². The first-order valence-electron chi connectivity index (χ1n) is 7.55. The Kier molecular flexibility index (Phi) is 4.57. The summed E-state index contributed by atoms with van der Waals surface area (Å²) < 4.78 is 1.69. The molecular weight excluding hydrogens is 312 g/mol. The lowest BCUT2D eigenvalue weighted by molar-refractivity contribution is -0.121. The Morgan fingerprint density at radius 3 is 2.74 bits per heavy atom. The largest absolute Gasteiger partial charge is 0.350 e. The van der Waals surface area contributed by atoms with Crippen molar-refractivity contribution in [1.29, 1.82) is 0 Å². The first-order chi connectivity index (χ1) is 11.2. The highest BCUT2D eigenvalue weighted by molar-refractivity contribution is 6.29. The Hall–Kier alpha value is -2.40. The van der Waals surface area contributed by atoms with Crippen LogP contribution >= 0.6 is 11.6 Å². The number of carbonyl (C=O) groups is 1. The van der Waals surface area contributed by atoms with Gasteiger partial charge < -0.3 is 5.32 Å². The molecule has 2 aromatic heterocycles. The van der Waals surface area contributed by atoms with Crippen molar-refractivity contribution in [3.05, 3.63) is 53.3 Å². The van der Waals surface area contributed by atoms with Gasteiger partial charge in [0.15, 0.2) is 5.65 Å². The van der Waals surface area contributed by atoms with Crippen LogP contribution in [-0.4, -0.2) is 20.5 Å². The molecule has 23 heavy (non-hydrogen) atoms. The van der Waals surface area contributed by atoms with E-state index in [4.69, 9.17) is 11.6 Å². The second kappa shape index (κ2) is 6.79. The third kappa shape index (κ3) is 3.35. The van der Waals surface area contributed by atoms with Gasteiger partial charge in [0.25, 0.3) is 0 Å². The van der Waals surface area contributed by atoms with Gasteiger partial charge in [-0.25, -0.2) is 9.50 Å². The summed E-state index contributed by atoms with van der Waals surface area (Å²) in [5, 5.41) is 7.62. The summed E-state index contributed by atoms with van der Waals surface area (Å²) >= 11 is 6.01. The predicted molar refractivity (Wildman–Crippen MR) is 90.2 cm³/mol. The summed E-state index contributed by atoms with van der Waals surface area (Å²) in [6.07, 6.45) is 1.32. The molecule has 3 aromatic rings. The minimum atomic E-state index is 0.0171. The Morgan fingerprint density at radius 1 is 1.22 bits per heavy atom. The maximum atomic E-state index is 11.8. The van der Waals surface area contributed by atoms with Crippen LogP contribution in [-0.2, 0) is 11.3 Å². The van der Waals surface area contributed by atoms with Crippen molar-refractivity contribution in [1.82, 2.24) is 19.9 Å². The molecule has 0 bridgehead atoms. The smallest absolute Gasteiger partial charge is 0.220 e. The van der Waals surface area contributed by atoms with Crippen molar-refractivity contribution in [2.75, 3.05) is 0 Å². The standard InChI is InChI=1S/C17H17ClN4O/c1-2-6-16(23)19-11-13-17(12-7-4-3-5-8-12)20-15-10-9-14(18)21-22(13)15/h3-5,7-10H,2,6,11H2,1H3,(H,19,23). The van der Waals surface area contributed by atoms with E-state index in [2.05, 4.69) is 15.4 Å². The summed E-state index contributed by atoms with van der Waals surface area (Å²) in [5.41, 5.74) is 3.30. The maximum absolute atomic E-state index is 11.8. The number of carbonyl (C=O) groups excluding carboxylic acids is 1. The number of fused-ring (bicyclic) bond motifs is 1. The Balaban J connectivity index is 2.04. The molecular formula is C17H17ClN4O. The van der Waals surface area contributed by atoms with Gasteiger partial charge in [-0.3, -0.25) is 4.79 Å². The number of halogens is 1. The third-order valence-electron chi connectivity index (χ3n) is 3.52.